The number of hydrogen-bond donors (Lipinski definition) is 1. The number of nitrogens with zero attached hydrogens (tertiary/aromatic N) is 1. The number of aromatic nitrogens is 1. The van der Waals surface area contributed by atoms with Gasteiger partial charge in [0.2, 0.25) is 0 Å². The summed E-state index contributed by atoms with van der Waals surface area (Å²) in [5.41, 5.74) is 6.66. The summed E-state index contributed by atoms with van der Waals surface area (Å²) in [4.78, 5) is 4.31. The summed E-state index contributed by atoms with van der Waals surface area (Å²) in [6, 6.07) is 9.84. The lowest BCUT2D eigenvalue weighted by molar-refractivity contribution is 0.171. The van der Waals surface area contributed by atoms with E-state index in [1.807, 2.05) is 30.3 Å². The number of rotatable bonds is 2. The number of fused-ring (bicyclic) bond motifs is 1. The molecule has 1 heterocycles. The van der Waals surface area contributed by atoms with Crippen molar-refractivity contribution in [3.8, 4) is 0 Å². The second-order valence-electron chi connectivity index (χ2n) is 5.32. The van der Waals surface area contributed by atoms with Crippen LogP contribution in [-0.2, 0) is 6.42 Å². The summed E-state index contributed by atoms with van der Waals surface area (Å²) in [6.45, 7) is 0. The van der Waals surface area contributed by atoms with Crippen LogP contribution >= 0.6 is 0 Å². The molecule has 0 bridgehead atoms. The van der Waals surface area contributed by atoms with Gasteiger partial charge >= 0.3 is 0 Å². The Morgan fingerprint density at radius 2 is 2.17 bits per heavy atom. The van der Waals surface area contributed by atoms with Gasteiger partial charge in [0.1, 0.15) is 5.67 Å². The van der Waals surface area contributed by atoms with E-state index in [4.69, 9.17) is 5.73 Å². The SMILES string of the molecule is NC1CCC(F)(Cc2ccnc3ccccc23)C1. The molecule has 0 amide bonds. The third-order valence-corrected chi connectivity index (χ3v) is 3.84. The van der Waals surface area contributed by atoms with E-state index in [2.05, 4.69) is 4.98 Å². The molecule has 2 nitrogen and oxygen atoms in total. The normalized spacial score (nSPS) is 27.8. The van der Waals surface area contributed by atoms with E-state index in [-0.39, 0.29) is 6.04 Å². The van der Waals surface area contributed by atoms with Crippen LogP contribution in [0.4, 0.5) is 4.39 Å². The van der Waals surface area contributed by atoms with Gasteiger partial charge < -0.3 is 5.73 Å². The van der Waals surface area contributed by atoms with Crippen LogP contribution in [0.15, 0.2) is 36.5 Å². The maximum Gasteiger partial charge on any atom is 0.116 e. The predicted octanol–water partition coefficient (Wildman–Crippen LogP) is 3.00. The van der Waals surface area contributed by atoms with E-state index in [9.17, 15) is 4.39 Å². The van der Waals surface area contributed by atoms with Crippen LogP contribution in [0.1, 0.15) is 24.8 Å². The van der Waals surface area contributed by atoms with Crippen molar-refractivity contribution in [3.63, 3.8) is 0 Å². The van der Waals surface area contributed by atoms with Gasteiger partial charge in [0, 0.05) is 24.0 Å². The Hall–Kier alpha value is -1.48. The van der Waals surface area contributed by atoms with Crippen molar-refractivity contribution >= 4 is 10.9 Å². The van der Waals surface area contributed by atoms with Crippen LogP contribution in [-0.4, -0.2) is 16.7 Å². The zero-order chi connectivity index (χ0) is 12.6. The van der Waals surface area contributed by atoms with Gasteiger partial charge in [0.25, 0.3) is 0 Å². The fraction of sp³-hybridized carbons (Fsp3) is 0.400. The number of benzene rings is 1. The van der Waals surface area contributed by atoms with Crippen LogP contribution in [0, 0.1) is 0 Å². The molecule has 1 aromatic carbocycles. The first-order valence-corrected chi connectivity index (χ1v) is 6.43. The lowest BCUT2D eigenvalue weighted by Gasteiger charge is -2.20. The highest BCUT2D eigenvalue weighted by Gasteiger charge is 2.38. The van der Waals surface area contributed by atoms with Crippen LogP contribution in [0.3, 0.4) is 0 Å². The van der Waals surface area contributed by atoms with Crippen LogP contribution in [0.2, 0.25) is 0 Å². The van der Waals surface area contributed by atoms with Crippen molar-refractivity contribution in [2.75, 3.05) is 0 Å². The average molecular weight is 244 g/mol. The molecule has 1 saturated carbocycles. The quantitative estimate of drug-likeness (QED) is 0.882. The van der Waals surface area contributed by atoms with Crippen molar-refractivity contribution in [2.24, 2.45) is 5.73 Å². The fourth-order valence-corrected chi connectivity index (χ4v) is 2.93. The van der Waals surface area contributed by atoms with Gasteiger partial charge in [-0.15, -0.1) is 0 Å². The molecular formula is C15H17FN2. The predicted molar refractivity (Wildman–Crippen MR) is 71.1 cm³/mol. The summed E-state index contributed by atoms with van der Waals surface area (Å²) in [7, 11) is 0. The molecule has 1 fully saturated rings. The van der Waals surface area contributed by atoms with Crippen molar-refractivity contribution in [3.05, 3.63) is 42.1 Å². The van der Waals surface area contributed by atoms with Crippen molar-refractivity contribution in [1.29, 1.82) is 0 Å². The number of pyridine rings is 1. The fourth-order valence-electron chi connectivity index (χ4n) is 2.93. The topological polar surface area (TPSA) is 38.9 Å². The molecule has 1 aliphatic rings. The molecular weight excluding hydrogens is 227 g/mol. The molecule has 0 spiro atoms. The van der Waals surface area contributed by atoms with Crippen LogP contribution in [0.5, 0.6) is 0 Å². The largest absolute Gasteiger partial charge is 0.328 e. The number of alkyl halides is 1. The van der Waals surface area contributed by atoms with Crippen LogP contribution < -0.4 is 5.73 Å². The molecule has 3 rings (SSSR count). The van der Waals surface area contributed by atoms with Crippen molar-refractivity contribution in [2.45, 2.75) is 37.4 Å². The highest BCUT2D eigenvalue weighted by Crippen LogP contribution is 2.36. The Morgan fingerprint density at radius 1 is 1.33 bits per heavy atom. The van der Waals surface area contributed by atoms with Crippen molar-refractivity contribution < 1.29 is 4.39 Å². The highest BCUT2D eigenvalue weighted by molar-refractivity contribution is 5.81. The van der Waals surface area contributed by atoms with Gasteiger partial charge in [-0.25, -0.2) is 4.39 Å². The minimum absolute atomic E-state index is 0.0168. The summed E-state index contributed by atoms with van der Waals surface area (Å²) in [5, 5.41) is 1.05. The van der Waals surface area contributed by atoms with E-state index in [1.54, 1.807) is 6.20 Å². The number of hydrogen-bond acceptors (Lipinski definition) is 2. The van der Waals surface area contributed by atoms with Crippen LogP contribution in [0.25, 0.3) is 10.9 Å². The van der Waals surface area contributed by atoms with Gasteiger partial charge in [0.15, 0.2) is 0 Å². The summed E-state index contributed by atoms with van der Waals surface area (Å²) in [6.07, 6.45) is 4.05. The van der Waals surface area contributed by atoms with E-state index < -0.39 is 5.67 Å². The van der Waals surface area contributed by atoms with Gasteiger partial charge in [0.05, 0.1) is 5.52 Å². The zero-order valence-corrected chi connectivity index (χ0v) is 10.3. The summed E-state index contributed by atoms with van der Waals surface area (Å²) in [5.74, 6) is 0. The van der Waals surface area contributed by atoms with Gasteiger partial charge in [-0.3, -0.25) is 4.98 Å². The number of halogens is 1. The minimum atomic E-state index is -1.14. The molecule has 0 saturated heterocycles. The number of para-hydroxylation sites is 1. The third-order valence-electron chi connectivity index (χ3n) is 3.84. The first-order chi connectivity index (χ1) is 8.66. The summed E-state index contributed by atoms with van der Waals surface area (Å²) >= 11 is 0. The Bertz CT molecular complexity index is 564. The molecule has 2 atom stereocenters. The average Bonchev–Trinajstić information content (AvgIpc) is 2.70. The van der Waals surface area contributed by atoms with E-state index in [1.165, 1.54) is 0 Å². The molecule has 18 heavy (non-hydrogen) atoms. The van der Waals surface area contributed by atoms with E-state index in [0.717, 1.165) is 22.9 Å². The summed E-state index contributed by atoms with van der Waals surface area (Å²) < 4.78 is 14.7. The first kappa shape index (κ1) is 11.6. The first-order valence-electron chi connectivity index (χ1n) is 6.43. The van der Waals surface area contributed by atoms with Gasteiger partial charge in [-0.2, -0.15) is 0 Å². The van der Waals surface area contributed by atoms with Crippen molar-refractivity contribution in [1.82, 2.24) is 4.98 Å². The molecule has 2 aromatic rings. The lowest BCUT2D eigenvalue weighted by Crippen LogP contribution is -2.25. The molecule has 1 aromatic heterocycles. The second-order valence-corrected chi connectivity index (χ2v) is 5.32. The van der Waals surface area contributed by atoms with Gasteiger partial charge in [-0.05, 0) is 37.0 Å². The standard InChI is InChI=1S/C15H17FN2/c16-15(7-5-12(17)10-15)9-11-6-8-18-14-4-2-1-3-13(11)14/h1-4,6,8,12H,5,7,9-10,17H2. The maximum atomic E-state index is 14.7. The molecule has 94 valence electrons. The Morgan fingerprint density at radius 3 is 2.94 bits per heavy atom. The Labute approximate surface area is 106 Å². The highest BCUT2D eigenvalue weighted by atomic mass is 19.1. The van der Waals surface area contributed by atoms with Gasteiger partial charge in [-0.1, -0.05) is 18.2 Å². The lowest BCUT2D eigenvalue weighted by atomic mass is 9.93. The molecule has 0 radical (unpaired) electrons. The zero-order valence-electron chi connectivity index (χ0n) is 10.3. The van der Waals surface area contributed by atoms with E-state index in [0.29, 0.717) is 19.3 Å². The molecule has 2 N–H and O–H groups in total. The maximum absolute atomic E-state index is 14.7. The smallest absolute Gasteiger partial charge is 0.116 e. The molecule has 2 unspecified atom stereocenters. The molecule has 1 aliphatic carbocycles. The Kier molecular flexibility index (Phi) is 2.78. The second kappa shape index (κ2) is 4.32. The Balaban J connectivity index is 1.95. The molecule has 0 aliphatic heterocycles. The number of nitrogens with two attached hydrogens (primary N) is 1. The molecule has 3 heteroatoms. The van der Waals surface area contributed by atoms with E-state index >= 15 is 0 Å². The third kappa shape index (κ3) is 2.10. The minimum Gasteiger partial charge on any atom is -0.328 e. The monoisotopic (exact) mass is 244 g/mol.